The molecule has 1 N–H and O–H groups in total. The second-order valence-electron chi connectivity index (χ2n) is 8.43. The molecule has 0 aromatic heterocycles. The number of nitrogens with zero attached hydrogens (tertiary/aromatic N) is 2. The summed E-state index contributed by atoms with van der Waals surface area (Å²) in [6.07, 6.45) is 2.90. The molecule has 7 heteroatoms. The number of aryl methyl sites for hydroxylation is 1. The maximum absolute atomic E-state index is 14.1. The fraction of sp³-hybridized carbons (Fsp3) is 0.417. The van der Waals surface area contributed by atoms with Gasteiger partial charge in [0, 0.05) is 47.4 Å². The third-order valence-corrected chi connectivity index (χ3v) is 6.44. The molecule has 2 fully saturated rings. The summed E-state index contributed by atoms with van der Waals surface area (Å²) in [7, 11) is 0. The standard InChI is InChI=1S/C24H27ClFN3O2/c1-16-4-7-20(14-22(16)29-10-2-3-23(29)30)27-24(31)17-8-11-28(12-9-17)15-18-5-6-19(25)13-21(18)26/h4-7,13-14,17H,2-3,8-12,15H2,1H3,(H,27,31). The third-order valence-electron chi connectivity index (χ3n) is 6.21. The van der Waals surface area contributed by atoms with Gasteiger partial charge in [-0.15, -0.1) is 0 Å². The number of halogens is 2. The van der Waals surface area contributed by atoms with Gasteiger partial charge in [0.1, 0.15) is 5.82 Å². The van der Waals surface area contributed by atoms with Crippen molar-refractivity contribution in [3.63, 3.8) is 0 Å². The lowest BCUT2D eigenvalue weighted by molar-refractivity contribution is -0.121. The first-order valence-electron chi connectivity index (χ1n) is 10.8. The highest BCUT2D eigenvalue weighted by Crippen LogP contribution is 2.29. The van der Waals surface area contributed by atoms with E-state index in [-0.39, 0.29) is 23.5 Å². The number of amides is 2. The summed E-state index contributed by atoms with van der Waals surface area (Å²) in [4.78, 5) is 28.9. The maximum Gasteiger partial charge on any atom is 0.227 e. The number of likely N-dealkylation sites (tertiary alicyclic amines) is 1. The van der Waals surface area contributed by atoms with Crippen molar-refractivity contribution in [3.05, 3.63) is 58.4 Å². The zero-order chi connectivity index (χ0) is 22.0. The Hall–Kier alpha value is -2.44. The Morgan fingerprint density at radius 1 is 1.16 bits per heavy atom. The summed E-state index contributed by atoms with van der Waals surface area (Å²) in [6.45, 7) is 4.70. The van der Waals surface area contributed by atoms with Crippen LogP contribution >= 0.6 is 11.6 Å². The van der Waals surface area contributed by atoms with Gasteiger partial charge in [-0.2, -0.15) is 0 Å². The van der Waals surface area contributed by atoms with E-state index in [0.717, 1.165) is 55.8 Å². The predicted octanol–water partition coefficient (Wildman–Crippen LogP) is 4.77. The van der Waals surface area contributed by atoms with Crippen LogP contribution in [0.3, 0.4) is 0 Å². The Kier molecular flexibility index (Phi) is 6.58. The second kappa shape index (κ2) is 9.37. The lowest BCUT2D eigenvalue weighted by Crippen LogP contribution is -2.38. The highest BCUT2D eigenvalue weighted by molar-refractivity contribution is 6.30. The van der Waals surface area contributed by atoms with Gasteiger partial charge in [-0.05, 0) is 69.1 Å². The zero-order valence-corrected chi connectivity index (χ0v) is 18.4. The van der Waals surface area contributed by atoms with Gasteiger partial charge < -0.3 is 10.2 Å². The van der Waals surface area contributed by atoms with Gasteiger partial charge in [0.15, 0.2) is 0 Å². The Labute approximate surface area is 187 Å². The van der Waals surface area contributed by atoms with Crippen LogP contribution in [-0.2, 0) is 16.1 Å². The number of rotatable bonds is 5. The van der Waals surface area contributed by atoms with Crippen molar-refractivity contribution in [3.8, 4) is 0 Å². The van der Waals surface area contributed by atoms with Crippen molar-refractivity contribution in [2.75, 3.05) is 29.9 Å². The number of carbonyl (C=O) groups is 2. The fourth-order valence-corrected chi connectivity index (χ4v) is 4.53. The van der Waals surface area contributed by atoms with Gasteiger partial charge in [0.05, 0.1) is 0 Å². The number of hydrogen-bond donors (Lipinski definition) is 1. The van der Waals surface area contributed by atoms with Gasteiger partial charge in [-0.1, -0.05) is 23.7 Å². The van der Waals surface area contributed by atoms with Crippen molar-refractivity contribution in [2.24, 2.45) is 5.92 Å². The van der Waals surface area contributed by atoms with E-state index in [0.29, 0.717) is 23.6 Å². The van der Waals surface area contributed by atoms with E-state index < -0.39 is 0 Å². The summed E-state index contributed by atoms with van der Waals surface area (Å²) < 4.78 is 14.1. The fourth-order valence-electron chi connectivity index (χ4n) is 4.37. The van der Waals surface area contributed by atoms with Crippen molar-refractivity contribution < 1.29 is 14.0 Å². The number of benzene rings is 2. The van der Waals surface area contributed by atoms with Crippen LogP contribution in [0, 0.1) is 18.7 Å². The lowest BCUT2D eigenvalue weighted by atomic mass is 9.95. The minimum atomic E-state index is -0.293. The highest BCUT2D eigenvalue weighted by Gasteiger charge is 2.27. The Morgan fingerprint density at radius 2 is 1.94 bits per heavy atom. The van der Waals surface area contributed by atoms with Gasteiger partial charge >= 0.3 is 0 Å². The van der Waals surface area contributed by atoms with E-state index >= 15 is 0 Å². The molecule has 2 amide bonds. The van der Waals surface area contributed by atoms with E-state index in [2.05, 4.69) is 10.2 Å². The molecule has 2 aromatic rings. The van der Waals surface area contributed by atoms with E-state index in [4.69, 9.17) is 11.6 Å². The van der Waals surface area contributed by atoms with Gasteiger partial charge in [-0.25, -0.2) is 4.39 Å². The van der Waals surface area contributed by atoms with Gasteiger partial charge in [0.2, 0.25) is 11.8 Å². The quantitative estimate of drug-likeness (QED) is 0.724. The summed E-state index contributed by atoms with van der Waals surface area (Å²) in [5, 5.41) is 3.42. The SMILES string of the molecule is Cc1ccc(NC(=O)C2CCN(Cc3ccc(Cl)cc3F)CC2)cc1N1CCCC1=O. The molecule has 0 spiro atoms. The van der Waals surface area contributed by atoms with Crippen molar-refractivity contribution in [2.45, 2.75) is 39.2 Å². The average Bonchev–Trinajstić information content (AvgIpc) is 3.17. The van der Waals surface area contributed by atoms with Crippen molar-refractivity contribution >= 4 is 34.8 Å². The molecule has 2 aliphatic heterocycles. The first-order valence-corrected chi connectivity index (χ1v) is 11.2. The number of nitrogens with one attached hydrogen (secondary N) is 1. The molecule has 31 heavy (non-hydrogen) atoms. The van der Waals surface area contributed by atoms with Crippen LogP contribution < -0.4 is 10.2 Å². The third kappa shape index (κ3) is 5.08. The van der Waals surface area contributed by atoms with Crippen LogP contribution in [0.1, 0.15) is 36.8 Å². The molecule has 0 unspecified atom stereocenters. The van der Waals surface area contributed by atoms with E-state index in [1.165, 1.54) is 6.07 Å². The molecule has 2 saturated heterocycles. The molecular weight excluding hydrogens is 417 g/mol. The van der Waals surface area contributed by atoms with E-state index in [1.54, 1.807) is 17.0 Å². The monoisotopic (exact) mass is 443 g/mol. The minimum Gasteiger partial charge on any atom is -0.326 e. The molecule has 2 aromatic carbocycles. The molecule has 2 aliphatic rings. The second-order valence-corrected chi connectivity index (χ2v) is 8.86. The Bertz CT molecular complexity index is 989. The van der Waals surface area contributed by atoms with Gasteiger partial charge in [0.25, 0.3) is 0 Å². The number of anilines is 2. The van der Waals surface area contributed by atoms with E-state index in [9.17, 15) is 14.0 Å². The van der Waals surface area contributed by atoms with Crippen LogP contribution in [0.2, 0.25) is 5.02 Å². The molecule has 0 aliphatic carbocycles. The largest absolute Gasteiger partial charge is 0.326 e. The molecule has 4 rings (SSSR count). The summed E-state index contributed by atoms with van der Waals surface area (Å²) in [5.41, 5.74) is 3.24. The van der Waals surface area contributed by atoms with Crippen LogP contribution in [0.25, 0.3) is 0 Å². The normalized spacial score (nSPS) is 17.9. The van der Waals surface area contributed by atoms with Crippen molar-refractivity contribution in [1.29, 1.82) is 0 Å². The molecule has 164 valence electrons. The smallest absolute Gasteiger partial charge is 0.227 e. The first-order chi connectivity index (χ1) is 14.9. The van der Waals surface area contributed by atoms with E-state index in [1.807, 2.05) is 25.1 Å². The molecule has 0 radical (unpaired) electrons. The van der Waals surface area contributed by atoms with Crippen LogP contribution in [0.5, 0.6) is 0 Å². The van der Waals surface area contributed by atoms with Crippen LogP contribution in [0.4, 0.5) is 15.8 Å². The number of carbonyl (C=O) groups excluding carboxylic acids is 2. The predicted molar refractivity (Wildman–Crippen MR) is 121 cm³/mol. The summed E-state index contributed by atoms with van der Waals surface area (Å²) in [5.74, 6) is -0.237. The molecule has 0 bridgehead atoms. The highest BCUT2D eigenvalue weighted by atomic mass is 35.5. The minimum absolute atomic E-state index is 0.000116. The summed E-state index contributed by atoms with van der Waals surface area (Å²) >= 11 is 5.83. The molecule has 5 nitrogen and oxygen atoms in total. The lowest BCUT2D eigenvalue weighted by Gasteiger charge is -2.31. The molecular formula is C24H27ClFN3O2. The average molecular weight is 444 g/mol. The zero-order valence-electron chi connectivity index (χ0n) is 17.7. The molecule has 0 saturated carbocycles. The number of piperidine rings is 1. The maximum atomic E-state index is 14.1. The summed E-state index contributed by atoms with van der Waals surface area (Å²) in [6, 6.07) is 10.5. The topological polar surface area (TPSA) is 52.7 Å². The van der Waals surface area contributed by atoms with Crippen LogP contribution in [-0.4, -0.2) is 36.3 Å². The Balaban J connectivity index is 1.33. The van der Waals surface area contributed by atoms with Crippen LogP contribution in [0.15, 0.2) is 36.4 Å². The molecule has 0 atom stereocenters. The van der Waals surface area contributed by atoms with Gasteiger partial charge in [-0.3, -0.25) is 14.5 Å². The first kappa shape index (κ1) is 21.8. The Morgan fingerprint density at radius 3 is 2.61 bits per heavy atom. The molecule has 2 heterocycles. The number of hydrogen-bond acceptors (Lipinski definition) is 3. The van der Waals surface area contributed by atoms with Crippen molar-refractivity contribution in [1.82, 2.24) is 4.90 Å².